The fourth-order valence-corrected chi connectivity index (χ4v) is 1.72. The predicted octanol–water partition coefficient (Wildman–Crippen LogP) is 0.439. The average molecular weight is 213 g/mol. The number of nitrogens with zero attached hydrogens (tertiary/aromatic N) is 2. The van der Waals surface area contributed by atoms with Crippen LogP contribution < -0.4 is 5.32 Å². The Labute approximate surface area is 90.1 Å². The smallest absolute Gasteiger partial charge is 0.219 e. The van der Waals surface area contributed by atoms with Crippen LogP contribution in [0.1, 0.15) is 25.7 Å². The van der Waals surface area contributed by atoms with Crippen molar-refractivity contribution in [2.24, 2.45) is 5.16 Å². The number of nitrogens with one attached hydrogen (secondary N) is 1. The van der Waals surface area contributed by atoms with Crippen molar-refractivity contribution in [3.63, 3.8) is 0 Å². The van der Waals surface area contributed by atoms with Gasteiger partial charge >= 0.3 is 0 Å². The van der Waals surface area contributed by atoms with Crippen molar-refractivity contribution in [2.75, 3.05) is 26.7 Å². The van der Waals surface area contributed by atoms with Crippen LogP contribution >= 0.6 is 0 Å². The van der Waals surface area contributed by atoms with Gasteiger partial charge in [0.05, 0.1) is 5.71 Å². The van der Waals surface area contributed by atoms with Crippen molar-refractivity contribution >= 4 is 11.6 Å². The minimum Gasteiger partial charge on any atom is -0.411 e. The number of carbonyl (C=O) groups excluding carboxylic acids is 1. The highest BCUT2D eigenvalue weighted by atomic mass is 16.4. The van der Waals surface area contributed by atoms with Crippen LogP contribution in [0.2, 0.25) is 0 Å². The van der Waals surface area contributed by atoms with Crippen LogP contribution in [-0.4, -0.2) is 48.4 Å². The van der Waals surface area contributed by atoms with E-state index in [9.17, 15) is 4.79 Å². The predicted molar refractivity (Wildman–Crippen MR) is 58.2 cm³/mol. The van der Waals surface area contributed by atoms with Crippen molar-refractivity contribution in [3.05, 3.63) is 0 Å². The summed E-state index contributed by atoms with van der Waals surface area (Å²) in [6.07, 6.45) is 3.17. The summed E-state index contributed by atoms with van der Waals surface area (Å²) in [5, 5.41) is 14.4. The summed E-state index contributed by atoms with van der Waals surface area (Å²) in [4.78, 5) is 13.3. The van der Waals surface area contributed by atoms with Crippen molar-refractivity contribution in [1.82, 2.24) is 10.2 Å². The largest absolute Gasteiger partial charge is 0.411 e. The Morgan fingerprint density at radius 1 is 1.53 bits per heavy atom. The molecule has 0 aromatic rings. The third-order valence-corrected chi connectivity index (χ3v) is 2.73. The number of hydrogen-bond donors (Lipinski definition) is 2. The molecule has 0 aromatic carbocycles. The van der Waals surface area contributed by atoms with E-state index in [-0.39, 0.29) is 5.91 Å². The highest BCUT2D eigenvalue weighted by Gasteiger charge is 2.14. The fourth-order valence-electron chi connectivity index (χ4n) is 1.72. The van der Waals surface area contributed by atoms with Crippen LogP contribution in [0.15, 0.2) is 5.16 Å². The summed E-state index contributed by atoms with van der Waals surface area (Å²) in [6, 6.07) is 0. The lowest BCUT2D eigenvalue weighted by atomic mass is 10.1. The first-order chi connectivity index (χ1) is 7.26. The van der Waals surface area contributed by atoms with Crippen LogP contribution in [0.4, 0.5) is 0 Å². The lowest BCUT2D eigenvalue weighted by Crippen LogP contribution is -2.35. The lowest BCUT2D eigenvalue weighted by molar-refractivity contribution is -0.120. The summed E-state index contributed by atoms with van der Waals surface area (Å²) < 4.78 is 0. The number of oxime groups is 1. The molecule has 1 fully saturated rings. The molecule has 0 radical (unpaired) electrons. The average Bonchev–Trinajstić information content (AvgIpc) is 2.29. The van der Waals surface area contributed by atoms with Crippen molar-refractivity contribution in [1.29, 1.82) is 0 Å². The van der Waals surface area contributed by atoms with Crippen molar-refractivity contribution in [3.8, 4) is 0 Å². The summed E-state index contributed by atoms with van der Waals surface area (Å²) in [5.41, 5.74) is 0.887. The molecule has 86 valence electrons. The molecule has 0 aromatic heterocycles. The standard InChI is InChI=1S/C10H19N3O2/c1-11-10(14)3-2-6-13-7-4-9(12-15)5-8-13/h15H,2-8H2,1H3,(H,11,14). The lowest BCUT2D eigenvalue weighted by Gasteiger charge is -2.26. The van der Waals surface area contributed by atoms with E-state index in [2.05, 4.69) is 15.4 Å². The summed E-state index contributed by atoms with van der Waals surface area (Å²) in [6.45, 7) is 2.83. The molecule has 0 bridgehead atoms. The summed E-state index contributed by atoms with van der Waals surface area (Å²) in [5.74, 6) is 0.101. The zero-order chi connectivity index (χ0) is 11.1. The molecule has 1 amide bonds. The van der Waals surface area contributed by atoms with Crippen molar-refractivity contribution in [2.45, 2.75) is 25.7 Å². The van der Waals surface area contributed by atoms with E-state index in [4.69, 9.17) is 5.21 Å². The van der Waals surface area contributed by atoms with Gasteiger partial charge in [-0.15, -0.1) is 0 Å². The summed E-state index contributed by atoms with van der Waals surface area (Å²) in [7, 11) is 1.66. The highest BCUT2D eigenvalue weighted by Crippen LogP contribution is 2.08. The Balaban J connectivity index is 2.11. The summed E-state index contributed by atoms with van der Waals surface area (Å²) >= 11 is 0. The quantitative estimate of drug-likeness (QED) is 0.526. The minimum absolute atomic E-state index is 0.101. The topological polar surface area (TPSA) is 64.9 Å². The monoisotopic (exact) mass is 213 g/mol. The molecule has 1 aliphatic heterocycles. The highest BCUT2D eigenvalue weighted by molar-refractivity contribution is 5.84. The van der Waals surface area contributed by atoms with E-state index in [1.165, 1.54) is 0 Å². The number of carbonyl (C=O) groups is 1. The molecule has 2 N–H and O–H groups in total. The number of hydrogen-bond acceptors (Lipinski definition) is 4. The molecule has 1 rings (SSSR count). The molecular formula is C10H19N3O2. The Hall–Kier alpha value is -1.10. The first-order valence-electron chi connectivity index (χ1n) is 5.39. The molecule has 1 saturated heterocycles. The molecule has 15 heavy (non-hydrogen) atoms. The van der Waals surface area contributed by atoms with E-state index >= 15 is 0 Å². The van der Waals surface area contributed by atoms with Gasteiger partial charge < -0.3 is 15.4 Å². The maximum absolute atomic E-state index is 11.0. The van der Waals surface area contributed by atoms with Gasteiger partial charge in [-0.25, -0.2) is 0 Å². The number of likely N-dealkylation sites (tertiary alicyclic amines) is 1. The molecule has 1 aliphatic rings. The molecule has 0 saturated carbocycles. The SMILES string of the molecule is CNC(=O)CCCN1CCC(=NO)CC1. The zero-order valence-corrected chi connectivity index (χ0v) is 9.20. The van der Waals surface area contributed by atoms with Gasteiger partial charge in [0.15, 0.2) is 0 Å². The van der Waals surface area contributed by atoms with Crippen LogP contribution in [-0.2, 0) is 4.79 Å². The number of amides is 1. The maximum atomic E-state index is 11.0. The molecule has 5 heteroatoms. The van der Waals surface area contributed by atoms with Crippen LogP contribution in [0.5, 0.6) is 0 Å². The first-order valence-corrected chi connectivity index (χ1v) is 5.39. The van der Waals surface area contributed by atoms with Crippen LogP contribution in [0.3, 0.4) is 0 Å². The van der Waals surface area contributed by atoms with Gasteiger partial charge in [0.25, 0.3) is 0 Å². The maximum Gasteiger partial charge on any atom is 0.219 e. The van der Waals surface area contributed by atoms with E-state index in [1.807, 2.05) is 0 Å². The van der Waals surface area contributed by atoms with Gasteiger partial charge in [0, 0.05) is 39.4 Å². The van der Waals surface area contributed by atoms with E-state index in [1.54, 1.807) is 7.05 Å². The van der Waals surface area contributed by atoms with E-state index in [0.717, 1.165) is 44.6 Å². The number of rotatable bonds is 4. The Kier molecular flexibility index (Phi) is 5.10. The van der Waals surface area contributed by atoms with Gasteiger partial charge in [-0.1, -0.05) is 5.16 Å². The van der Waals surface area contributed by atoms with Gasteiger partial charge in [-0.05, 0) is 13.0 Å². The Bertz CT molecular complexity index is 231. The van der Waals surface area contributed by atoms with Gasteiger partial charge in [-0.2, -0.15) is 0 Å². The molecular weight excluding hydrogens is 194 g/mol. The van der Waals surface area contributed by atoms with Crippen LogP contribution in [0.25, 0.3) is 0 Å². The second-order valence-electron chi connectivity index (χ2n) is 3.78. The zero-order valence-electron chi connectivity index (χ0n) is 9.20. The molecule has 5 nitrogen and oxygen atoms in total. The second-order valence-corrected chi connectivity index (χ2v) is 3.78. The molecule has 1 heterocycles. The normalized spacial score (nSPS) is 17.5. The van der Waals surface area contributed by atoms with E-state index in [0.29, 0.717) is 6.42 Å². The van der Waals surface area contributed by atoms with E-state index < -0.39 is 0 Å². The van der Waals surface area contributed by atoms with Gasteiger partial charge in [-0.3, -0.25) is 4.79 Å². The number of piperidine rings is 1. The molecule has 0 atom stereocenters. The molecule has 0 spiro atoms. The third-order valence-electron chi connectivity index (χ3n) is 2.73. The van der Waals surface area contributed by atoms with Crippen molar-refractivity contribution < 1.29 is 10.0 Å². The van der Waals surface area contributed by atoms with Gasteiger partial charge in [0.1, 0.15) is 0 Å². The first kappa shape index (κ1) is 12.0. The second kappa shape index (κ2) is 6.40. The minimum atomic E-state index is 0.101. The Morgan fingerprint density at radius 3 is 2.73 bits per heavy atom. The Morgan fingerprint density at radius 2 is 2.20 bits per heavy atom. The molecule has 0 aliphatic carbocycles. The fraction of sp³-hybridized carbons (Fsp3) is 0.800. The molecule has 0 unspecified atom stereocenters. The van der Waals surface area contributed by atoms with Gasteiger partial charge in [0.2, 0.25) is 5.91 Å². The third kappa shape index (κ3) is 4.29. The van der Waals surface area contributed by atoms with Crippen LogP contribution in [0, 0.1) is 0 Å².